The van der Waals surface area contributed by atoms with Crippen molar-refractivity contribution in [1.82, 2.24) is 4.72 Å². The van der Waals surface area contributed by atoms with Gasteiger partial charge in [-0.25, -0.2) is 13.1 Å². The van der Waals surface area contributed by atoms with Gasteiger partial charge in [-0.05, 0) is 41.7 Å². The van der Waals surface area contributed by atoms with E-state index in [1.54, 1.807) is 11.3 Å². The highest BCUT2D eigenvalue weighted by Gasteiger charge is 2.08. The van der Waals surface area contributed by atoms with Crippen LogP contribution < -0.4 is 4.72 Å². The second-order valence-electron chi connectivity index (χ2n) is 3.53. The van der Waals surface area contributed by atoms with Crippen LogP contribution in [0, 0.1) is 0 Å². The molecular weight excluding hydrogens is 246 g/mol. The predicted octanol–water partition coefficient (Wildman–Crippen LogP) is 0.982. The van der Waals surface area contributed by atoms with Crippen molar-refractivity contribution in [3.05, 3.63) is 22.4 Å². The molecule has 0 bridgehead atoms. The number of aliphatic hydroxyl groups excluding tert-OH is 1. The zero-order valence-corrected chi connectivity index (χ0v) is 10.7. The minimum Gasteiger partial charge on any atom is -0.396 e. The summed E-state index contributed by atoms with van der Waals surface area (Å²) in [4.78, 5) is 0. The lowest BCUT2D eigenvalue weighted by Crippen LogP contribution is -2.28. The monoisotopic (exact) mass is 263 g/mol. The molecule has 0 atom stereocenters. The molecule has 2 N–H and O–H groups in total. The molecule has 1 aromatic rings. The smallest absolute Gasteiger partial charge is 0.211 e. The van der Waals surface area contributed by atoms with Gasteiger partial charge in [0.15, 0.2) is 0 Å². The third-order valence-electron chi connectivity index (χ3n) is 2.14. The van der Waals surface area contributed by atoms with Crippen LogP contribution in [-0.2, 0) is 16.4 Å². The molecule has 1 aromatic heterocycles. The van der Waals surface area contributed by atoms with Gasteiger partial charge in [0.05, 0.1) is 5.75 Å². The molecule has 1 heterocycles. The van der Waals surface area contributed by atoms with Crippen molar-refractivity contribution in [2.24, 2.45) is 0 Å². The van der Waals surface area contributed by atoms with E-state index in [1.165, 1.54) is 0 Å². The molecule has 0 spiro atoms. The Hall–Kier alpha value is -0.430. The Labute approximate surface area is 100 Å². The summed E-state index contributed by atoms with van der Waals surface area (Å²) in [7, 11) is -3.16. The van der Waals surface area contributed by atoms with E-state index >= 15 is 0 Å². The topological polar surface area (TPSA) is 66.4 Å². The summed E-state index contributed by atoms with van der Waals surface area (Å²) < 4.78 is 25.4. The van der Waals surface area contributed by atoms with E-state index in [0.717, 1.165) is 12.0 Å². The third kappa shape index (κ3) is 5.60. The predicted molar refractivity (Wildman–Crippen MR) is 66.1 cm³/mol. The van der Waals surface area contributed by atoms with E-state index in [4.69, 9.17) is 5.11 Å². The van der Waals surface area contributed by atoms with Gasteiger partial charge in [-0.2, -0.15) is 11.3 Å². The Kier molecular flexibility index (Phi) is 5.97. The molecule has 0 aliphatic carbocycles. The fourth-order valence-corrected chi connectivity index (χ4v) is 3.11. The molecule has 0 aromatic carbocycles. The number of aliphatic hydroxyl groups is 1. The second kappa shape index (κ2) is 7.01. The maximum Gasteiger partial charge on any atom is 0.211 e. The number of rotatable bonds is 8. The Morgan fingerprint density at radius 1 is 1.38 bits per heavy atom. The van der Waals surface area contributed by atoms with Gasteiger partial charge in [-0.15, -0.1) is 0 Å². The number of hydrogen-bond donors (Lipinski definition) is 2. The van der Waals surface area contributed by atoms with Crippen LogP contribution in [0.25, 0.3) is 0 Å². The highest BCUT2D eigenvalue weighted by molar-refractivity contribution is 7.89. The molecule has 1 rings (SSSR count). The first-order chi connectivity index (χ1) is 7.64. The van der Waals surface area contributed by atoms with Crippen molar-refractivity contribution in [3.8, 4) is 0 Å². The number of nitrogens with one attached hydrogen (secondary N) is 1. The van der Waals surface area contributed by atoms with Crippen molar-refractivity contribution >= 4 is 21.4 Å². The third-order valence-corrected chi connectivity index (χ3v) is 4.34. The molecular formula is C10H17NO3S2. The van der Waals surface area contributed by atoms with E-state index in [9.17, 15) is 8.42 Å². The average Bonchev–Trinajstić information content (AvgIpc) is 2.70. The Bertz CT molecular complexity index is 373. The summed E-state index contributed by atoms with van der Waals surface area (Å²) in [5.41, 5.74) is 1.16. The molecule has 6 heteroatoms. The Balaban J connectivity index is 2.20. The average molecular weight is 263 g/mol. The van der Waals surface area contributed by atoms with Crippen molar-refractivity contribution in [1.29, 1.82) is 0 Å². The number of thiophene rings is 1. The van der Waals surface area contributed by atoms with Crippen LogP contribution in [-0.4, -0.2) is 32.4 Å². The van der Waals surface area contributed by atoms with Gasteiger partial charge in [0.2, 0.25) is 10.0 Å². The molecule has 0 amide bonds. The molecule has 0 unspecified atom stereocenters. The number of hydrogen-bond acceptors (Lipinski definition) is 4. The molecule has 0 radical (unpaired) electrons. The van der Waals surface area contributed by atoms with E-state index < -0.39 is 10.0 Å². The maximum absolute atomic E-state index is 11.4. The van der Waals surface area contributed by atoms with Crippen LogP contribution in [0.3, 0.4) is 0 Å². The normalized spacial score (nSPS) is 11.8. The van der Waals surface area contributed by atoms with Gasteiger partial charge in [-0.3, -0.25) is 0 Å². The Morgan fingerprint density at radius 2 is 2.19 bits per heavy atom. The molecule has 0 aliphatic heterocycles. The van der Waals surface area contributed by atoms with Crippen LogP contribution in [0.1, 0.15) is 18.4 Å². The molecule has 16 heavy (non-hydrogen) atoms. The molecule has 0 saturated carbocycles. The molecule has 4 nitrogen and oxygen atoms in total. The maximum atomic E-state index is 11.4. The van der Waals surface area contributed by atoms with Gasteiger partial charge in [0, 0.05) is 13.2 Å². The van der Waals surface area contributed by atoms with E-state index in [1.807, 2.05) is 16.8 Å². The molecule has 0 aliphatic rings. The lowest BCUT2D eigenvalue weighted by Gasteiger charge is -2.05. The summed E-state index contributed by atoms with van der Waals surface area (Å²) in [5.74, 6) is 0.0944. The Morgan fingerprint density at radius 3 is 2.81 bits per heavy atom. The molecule has 0 saturated heterocycles. The van der Waals surface area contributed by atoms with Gasteiger partial charge in [-0.1, -0.05) is 0 Å². The minimum absolute atomic E-state index is 0.0461. The van der Waals surface area contributed by atoms with Gasteiger partial charge >= 0.3 is 0 Å². The standard InChI is InChI=1S/C10H17NO3S2/c12-6-1-2-8-16(13,14)11-5-3-10-4-7-15-9-10/h4,7,9,11-12H,1-3,5-6,8H2. The molecule has 0 fully saturated rings. The highest BCUT2D eigenvalue weighted by atomic mass is 32.2. The van der Waals surface area contributed by atoms with Gasteiger partial charge in [0.1, 0.15) is 0 Å². The zero-order chi connectivity index (χ0) is 11.9. The van der Waals surface area contributed by atoms with Crippen molar-refractivity contribution < 1.29 is 13.5 Å². The van der Waals surface area contributed by atoms with Crippen molar-refractivity contribution in [2.75, 3.05) is 18.9 Å². The highest BCUT2D eigenvalue weighted by Crippen LogP contribution is 2.06. The quantitative estimate of drug-likeness (QED) is 0.687. The van der Waals surface area contributed by atoms with E-state index in [0.29, 0.717) is 19.4 Å². The summed E-state index contributed by atoms with van der Waals surface area (Å²) in [6, 6.07) is 1.99. The van der Waals surface area contributed by atoms with Crippen LogP contribution in [0.5, 0.6) is 0 Å². The largest absolute Gasteiger partial charge is 0.396 e. The first kappa shape index (κ1) is 13.6. The van der Waals surface area contributed by atoms with E-state index in [2.05, 4.69) is 4.72 Å². The number of unbranched alkanes of at least 4 members (excludes halogenated alkanes) is 1. The SMILES string of the molecule is O=S(=O)(CCCCO)NCCc1ccsc1. The van der Waals surface area contributed by atoms with Gasteiger partial charge < -0.3 is 5.11 Å². The lowest BCUT2D eigenvalue weighted by molar-refractivity contribution is 0.287. The summed E-state index contributed by atoms with van der Waals surface area (Å²) in [6.07, 6.45) is 1.76. The van der Waals surface area contributed by atoms with Crippen LogP contribution in [0.4, 0.5) is 0 Å². The minimum atomic E-state index is -3.16. The van der Waals surface area contributed by atoms with Crippen LogP contribution >= 0.6 is 11.3 Å². The fraction of sp³-hybridized carbons (Fsp3) is 0.600. The summed E-state index contributed by atoms with van der Waals surface area (Å²) in [6.45, 7) is 0.489. The first-order valence-electron chi connectivity index (χ1n) is 5.23. The van der Waals surface area contributed by atoms with Crippen LogP contribution in [0.2, 0.25) is 0 Å². The van der Waals surface area contributed by atoms with Gasteiger partial charge in [0.25, 0.3) is 0 Å². The molecule has 92 valence electrons. The first-order valence-corrected chi connectivity index (χ1v) is 7.83. The van der Waals surface area contributed by atoms with Crippen LogP contribution in [0.15, 0.2) is 16.8 Å². The second-order valence-corrected chi connectivity index (χ2v) is 6.23. The summed E-state index contributed by atoms with van der Waals surface area (Å²) >= 11 is 1.61. The zero-order valence-electron chi connectivity index (χ0n) is 9.05. The van der Waals surface area contributed by atoms with Crippen molar-refractivity contribution in [2.45, 2.75) is 19.3 Å². The number of sulfonamides is 1. The summed E-state index contributed by atoms with van der Waals surface area (Å²) in [5, 5.41) is 12.5. The lowest BCUT2D eigenvalue weighted by atomic mass is 10.2. The fourth-order valence-electron chi connectivity index (χ4n) is 1.26. The van der Waals surface area contributed by atoms with Crippen molar-refractivity contribution in [3.63, 3.8) is 0 Å². The van der Waals surface area contributed by atoms with E-state index in [-0.39, 0.29) is 12.4 Å².